The van der Waals surface area contributed by atoms with Gasteiger partial charge in [-0.3, -0.25) is 4.57 Å². The average Bonchev–Trinajstić information content (AvgIpc) is 2.59. The fraction of sp³-hybridized carbons (Fsp3) is 0.316. The first kappa shape index (κ1) is 20.3. The first-order chi connectivity index (χ1) is 12.3. The minimum atomic E-state index is -3.48. The zero-order valence-electron chi connectivity index (χ0n) is 14.6. The van der Waals surface area contributed by atoms with E-state index in [9.17, 15) is 19.4 Å². The molecule has 0 saturated heterocycles. The largest absolute Gasteiger partial charge is 0.478 e. The smallest absolute Gasteiger partial charge is 0.335 e. The zero-order valence-corrected chi connectivity index (χ0v) is 15.5. The van der Waals surface area contributed by atoms with Crippen molar-refractivity contribution in [2.24, 2.45) is 0 Å². The topological polar surface area (TPSA) is 107 Å². The molecule has 2 rings (SSSR count). The Kier molecular flexibility index (Phi) is 7.12. The van der Waals surface area contributed by atoms with Gasteiger partial charge in [0.2, 0.25) is 7.37 Å². The lowest BCUT2D eigenvalue weighted by molar-refractivity contribution is 0.0697. The lowest BCUT2D eigenvalue weighted by atomic mass is 10.1. The highest BCUT2D eigenvalue weighted by Crippen LogP contribution is 2.44. The van der Waals surface area contributed by atoms with E-state index in [0.717, 1.165) is 11.1 Å². The standard InChI is InChI=1S/C19H24NO5P/c1-14(16-7-9-17(10-8-16)19(22)23)20-11-18(21)13-26(24,25)12-15-5-3-2-4-6-15/h2-10,14,18,20-21H,11-13H2,1H3,(H,22,23)(H,24,25)/t14?,18-/m0/s1. The second-order valence-corrected chi connectivity index (χ2v) is 8.76. The van der Waals surface area contributed by atoms with Gasteiger partial charge < -0.3 is 20.4 Å². The molecular weight excluding hydrogens is 353 g/mol. The number of carboxylic acids is 1. The average molecular weight is 377 g/mol. The van der Waals surface area contributed by atoms with Gasteiger partial charge in [-0.05, 0) is 30.2 Å². The molecule has 0 fully saturated rings. The molecule has 0 aromatic heterocycles. The van der Waals surface area contributed by atoms with Crippen molar-refractivity contribution < 1.29 is 24.5 Å². The lowest BCUT2D eigenvalue weighted by Gasteiger charge is -2.20. The molecule has 26 heavy (non-hydrogen) atoms. The Hall–Kier alpha value is -1.98. The number of nitrogens with one attached hydrogen (secondary N) is 1. The highest BCUT2D eigenvalue weighted by molar-refractivity contribution is 7.57. The maximum absolute atomic E-state index is 12.3. The molecule has 0 saturated carbocycles. The molecule has 0 spiro atoms. The number of hydrogen-bond donors (Lipinski definition) is 4. The van der Waals surface area contributed by atoms with E-state index in [1.165, 1.54) is 12.1 Å². The normalized spacial score (nSPS) is 15.8. The Labute approximate surface area is 153 Å². The molecule has 140 valence electrons. The van der Waals surface area contributed by atoms with Crippen LogP contribution in [0.5, 0.6) is 0 Å². The molecule has 0 amide bonds. The predicted molar refractivity (Wildman–Crippen MR) is 101 cm³/mol. The number of aliphatic hydroxyl groups excluding tert-OH is 1. The molecule has 0 aliphatic rings. The van der Waals surface area contributed by atoms with Crippen molar-refractivity contribution in [3.8, 4) is 0 Å². The number of rotatable bonds is 9. The molecule has 0 aliphatic heterocycles. The van der Waals surface area contributed by atoms with E-state index in [4.69, 9.17) is 5.11 Å². The first-order valence-electron chi connectivity index (χ1n) is 8.36. The molecular formula is C19H24NO5P. The maximum Gasteiger partial charge on any atom is 0.335 e. The summed E-state index contributed by atoms with van der Waals surface area (Å²) in [5.74, 6) is -0.982. The Morgan fingerprint density at radius 3 is 2.31 bits per heavy atom. The number of hydrogen-bond acceptors (Lipinski definition) is 4. The Morgan fingerprint density at radius 1 is 1.12 bits per heavy atom. The zero-order chi connectivity index (χ0) is 19.2. The molecule has 2 unspecified atom stereocenters. The Bertz CT molecular complexity index is 763. The SMILES string of the molecule is CC(NC[C@H](O)CP(=O)(O)Cc1ccccc1)c1ccc(C(=O)O)cc1. The van der Waals surface area contributed by atoms with Crippen molar-refractivity contribution in [3.05, 3.63) is 71.3 Å². The van der Waals surface area contributed by atoms with E-state index >= 15 is 0 Å². The van der Waals surface area contributed by atoms with Crippen molar-refractivity contribution in [1.82, 2.24) is 5.32 Å². The quantitative estimate of drug-likeness (QED) is 0.501. The summed E-state index contributed by atoms with van der Waals surface area (Å²) in [6.45, 7) is 2.05. The summed E-state index contributed by atoms with van der Waals surface area (Å²) in [6, 6.07) is 15.4. The molecule has 2 aromatic carbocycles. The van der Waals surface area contributed by atoms with E-state index in [2.05, 4.69) is 5.32 Å². The molecule has 0 bridgehead atoms. The minimum absolute atomic E-state index is 0.0388. The molecule has 3 atom stereocenters. The second-order valence-electron chi connectivity index (χ2n) is 6.38. The van der Waals surface area contributed by atoms with Gasteiger partial charge in [-0.1, -0.05) is 42.5 Å². The molecule has 2 aromatic rings. The lowest BCUT2D eigenvalue weighted by Crippen LogP contribution is -2.31. The fourth-order valence-electron chi connectivity index (χ4n) is 2.67. The molecule has 6 nitrogen and oxygen atoms in total. The third-order valence-corrected chi connectivity index (χ3v) is 5.94. The van der Waals surface area contributed by atoms with Gasteiger partial charge in [0.1, 0.15) is 0 Å². The maximum atomic E-state index is 12.3. The molecule has 0 radical (unpaired) electrons. The van der Waals surface area contributed by atoms with E-state index in [1.54, 1.807) is 24.3 Å². The summed E-state index contributed by atoms with van der Waals surface area (Å²) in [4.78, 5) is 21.0. The summed E-state index contributed by atoms with van der Waals surface area (Å²) in [7, 11) is -3.48. The summed E-state index contributed by atoms with van der Waals surface area (Å²) in [6.07, 6.45) is -1.09. The highest BCUT2D eigenvalue weighted by Gasteiger charge is 2.23. The van der Waals surface area contributed by atoms with Gasteiger partial charge in [-0.2, -0.15) is 0 Å². The van der Waals surface area contributed by atoms with Gasteiger partial charge in [-0.15, -0.1) is 0 Å². The van der Waals surface area contributed by atoms with E-state index < -0.39 is 19.4 Å². The van der Waals surface area contributed by atoms with Gasteiger partial charge in [0.15, 0.2) is 0 Å². The third kappa shape index (κ3) is 6.39. The van der Waals surface area contributed by atoms with Gasteiger partial charge in [0, 0.05) is 18.7 Å². The van der Waals surface area contributed by atoms with Crippen LogP contribution in [0.2, 0.25) is 0 Å². The van der Waals surface area contributed by atoms with Gasteiger partial charge in [0.05, 0.1) is 17.8 Å². The summed E-state index contributed by atoms with van der Waals surface area (Å²) >= 11 is 0. The van der Waals surface area contributed by atoms with Crippen LogP contribution in [-0.2, 0) is 10.7 Å². The van der Waals surface area contributed by atoms with Crippen LogP contribution in [-0.4, -0.2) is 39.9 Å². The number of carboxylic acid groups (broad SMARTS) is 1. The first-order valence-corrected chi connectivity index (χ1v) is 10.4. The van der Waals surface area contributed by atoms with Crippen molar-refractivity contribution in [2.45, 2.75) is 25.2 Å². The highest BCUT2D eigenvalue weighted by atomic mass is 31.2. The van der Waals surface area contributed by atoms with Gasteiger partial charge in [0.25, 0.3) is 0 Å². The third-order valence-electron chi connectivity index (χ3n) is 4.09. The van der Waals surface area contributed by atoms with Gasteiger partial charge in [-0.25, -0.2) is 4.79 Å². The van der Waals surface area contributed by atoms with Crippen LogP contribution < -0.4 is 5.32 Å². The van der Waals surface area contributed by atoms with Crippen LogP contribution in [0.25, 0.3) is 0 Å². The number of benzene rings is 2. The number of aliphatic hydroxyl groups is 1. The van der Waals surface area contributed by atoms with Crippen molar-refractivity contribution in [1.29, 1.82) is 0 Å². The Balaban J connectivity index is 1.84. The van der Waals surface area contributed by atoms with E-state index in [-0.39, 0.29) is 30.5 Å². The number of carbonyl (C=O) groups is 1. The van der Waals surface area contributed by atoms with E-state index in [0.29, 0.717) is 0 Å². The van der Waals surface area contributed by atoms with Crippen LogP contribution >= 0.6 is 7.37 Å². The molecule has 0 heterocycles. The van der Waals surface area contributed by atoms with Crippen LogP contribution in [0.4, 0.5) is 0 Å². The summed E-state index contributed by atoms with van der Waals surface area (Å²) in [5.41, 5.74) is 1.85. The Morgan fingerprint density at radius 2 is 1.73 bits per heavy atom. The monoisotopic (exact) mass is 377 g/mol. The van der Waals surface area contributed by atoms with Crippen molar-refractivity contribution in [3.63, 3.8) is 0 Å². The minimum Gasteiger partial charge on any atom is -0.478 e. The predicted octanol–water partition coefficient (Wildman–Crippen LogP) is 2.87. The van der Waals surface area contributed by atoms with Crippen LogP contribution in [0.3, 0.4) is 0 Å². The van der Waals surface area contributed by atoms with Crippen LogP contribution in [0, 0.1) is 0 Å². The van der Waals surface area contributed by atoms with E-state index in [1.807, 2.05) is 25.1 Å². The molecule has 4 N–H and O–H groups in total. The van der Waals surface area contributed by atoms with Crippen LogP contribution in [0.15, 0.2) is 54.6 Å². The van der Waals surface area contributed by atoms with Crippen molar-refractivity contribution >= 4 is 13.3 Å². The van der Waals surface area contributed by atoms with Crippen LogP contribution in [0.1, 0.15) is 34.5 Å². The number of aromatic carboxylic acids is 1. The second kappa shape index (κ2) is 9.10. The summed E-state index contributed by atoms with van der Waals surface area (Å²) < 4.78 is 12.3. The fourth-order valence-corrected chi connectivity index (χ4v) is 4.37. The molecule has 0 aliphatic carbocycles. The molecule has 7 heteroatoms. The van der Waals surface area contributed by atoms with Crippen molar-refractivity contribution in [2.75, 3.05) is 12.7 Å². The van der Waals surface area contributed by atoms with Gasteiger partial charge >= 0.3 is 5.97 Å². The summed E-state index contributed by atoms with van der Waals surface area (Å²) in [5, 5.41) is 22.1.